The summed E-state index contributed by atoms with van der Waals surface area (Å²) in [7, 11) is -2.32. The van der Waals surface area contributed by atoms with Crippen molar-refractivity contribution in [3.63, 3.8) is 0 Å². The van der Waals surface area contributed by atoms with Crippen LogP contribution in [0.5, 0.6) is 0 Å². The second-order valence-corrected chi connectivity index (χ2v) is 9.13. The molecule has 1 N–H and O–H groups in total. The lowest BCUT2D eigenvalue weighted by atomic mass is 10.1. The first-order valence-corrected chi connectivity index (χ1v) is 11.3. The monoisotopic (exact) mass is 453 g/mol. The average molecular weight is 454 g/mol. The summed E-state index contributed by atoms with van der Waals surface area (Å²) in [6.07, 6.45) is 0. The van der Waals surface area contributed by atoms with Crippen LogP contribution < -0.4 is 4.72 Å². The maximum Gasteiger partial charge on any atom is 0.269 e. The number of nitro benzene ring substituents is 1. The number of hydrogen-bond acceptors (Lipinski definition) is 5. The molecule has 166 valence electrons. The van der Waals surface area contributed by atoms with Crippen LogP contribution in [0.25, 0.3) is 0 Å². The zero-order valence-electron chi connectivity index (χ0n) is 17.8. The molecule has 0 fully saturated rings. The minimum Gasteiger partial charge on any atom is -0.335 e. The Hall–Kier alpha value is -3.72. The van der Waals surface area contributed by atoms with Crippen LogP contribution in [0.3, 0.4) is 0 Å². The van der Waals surface area contributed by atoms with Crippen molar-refractivity contribution in [3.05, 3.63) is 99.6 Å². The average Bonchev–Trinajstić information content (AvgIpc) is 2.79. The Balaban J connectivity index is 1.83. The number of carbonyl (C=O) groups excluding carboxylic acids is 1. The minimum atomic E-state index is -3.89. The summed E-state index contributed by atoms with van der Waals surface area (Å²) in [5, 5.41) is 11.0. The summed E-state index contributed by atoms with van der Waals surface area (Å²) in [6.45, 7) is 3.65. The van der Waals surface area contributed by atoms with E-state index < -0.39 is 26.9 Å². The second-order valence-electron chi connectivity index (χ2n) is 7.44. The van der Waals surface area contributed by atoms with E-state index in [1.54, 1.807) is 50.4 Å². The van der Waals surface area contributed by atoms with Gasteiger partial charge in [0, 0.05) is 30.4 Å². The molecule has 0 aliphatic carbocycles. The summed E-state index contributed by atoms with van der Waals surface area (Å²) in [4.78, 5) is 25.0. The molecule has 9 heteroatoms. The summed E-state index contributed by atoms with van der Waals surface area (Å²) >= 11 is 0. The Labute approximate surface area is 186 Å². The van der Waals surface area contributed by atoms with Crippen molar-refractivity contribution in [1.82, 2.24) is 4.90 Å². The third kappa shape index (κ3) is 5.12. The fourth-order valence-electron chi connectivity index (χ4n) is 3.13. The molecule has 0 heterocycles. The van der Waals surface area contributed by atoms with E-state index in [2.05, 4.69) is 4.72 Å². The number of hydrogen-bond donors (Lipinski definition) is 1. The number of non-ortho nitro benzene ring substituents is 1. The molecule has 0 aliphatic rings. The topological polar surface area (TPSA) is 110 Å². The van der Waals surface area contributed by atoms with Gasteiger partial charge in [0.1, 0.15) is 0 Å². The Kier molecular flexibility index (Phi) is 6.59. The molecule has 8 nitrogen and oxygen atoms in total. The SMILES string of the molecule is Cc1ccc(NS(=O)(=O)c2cccc(C(=O)N(C)C(C)c3cccc([N+](=O)[O-])c3)c2)cc1. The predicted octanol–water partition coefficient (Wildman–Crippen LogP) is 4.54. The lowest BCUT2D eigenvalue weighted by Gasteiger charge is -2.25. The van der Waals surface area contributed by atoms with Gasteiger partial charge >= 0.3 is 0 Å². The van der Waals surface area contributed by atoms with E-state index in [0.29, 0.717) is 11.3 Å². The molecule has 0 spiro atoms. The normalized spacial score (nSPS) is 12.1. The van der Waals surface area contributed by atoms with Crippen LogP contribution in [-0.2, 0) is 10.0 Å². The molecule has 3 rings (SSSR count). The maximum atomic E-state index is 13.0. The molecule has 1 atom stereocenters. The summed E-state index contributed by atoms with van der Waals surface area (Å²) in [6, 6.07) is 18.3. The number of nitrogens with zero attached hydrogens (tertiary/aromatic N) is 2. The van der Waals surface area contributed by atoms with Crippen molar-refractivity contribution in [1.29, 1.82) is 0 Å². The number of amides is 1. The smallest absolute Gasteiger partial charge is 0.269 e. The first-order chi connectivity index (χ1) is 15.1. The number of benzene rings is 3. The number of nitro groups is 1. The lowest BCUT2D eigenvalue weighted by Crippen LogP contribution is -2.30. The molecule has 0 bridgehead atoms. The highest BCUT2D eigenvalue weighted by Crippen LogP contribution is 2.25. The number of carbonyl (C=O) groups is 1. The van der Waals surface area contributed by atoms with E-state index in [9.17, 15) is 23.3 Å². The fraction of sp³-hybridized carbons (Fsp3) is 0.174. The maximum absolute atomic E-state index is 13.0. The first-order valence-electron chi connectivity index (χ1n) is 9.79. The van der Waals surface area contributed by atoms with Crippen molar-refractivity contribution in [2.24, 2.45) is 0 Å². The van der Waals surface area contributed by atoms with Gasteiger partial charge in [-0.1, -0.05) is 35.9 Å². The molecule has 0 radical (unpaired) electrons. The fourth-order valence-corrected chi connectivity index (χ4v) is 4.24. The lowest BCUT2D eigenvalue weighted by molar-refractivity contribution is -0.384. The highest BCUT2D eigenvalue weighted by molar-refractivity contribution is 7.92. The van der Waals surface area contributed by atoms with Gasteiger partial charge in [0.2, 0.25) is 0 Å². The minimum absolute atomic E-state index is 0.0414. The Morgan fingerprint density at radius 3 is 2.34 bits per heavy atom. The number of rotatable bonds is 7. The van der Waals surface area contributed by atoms with E-state index in [1.807, 2.05) is 6.92 Å². The van der Waals surface area contributed by atoms with Crippen LogP contribution in [0.2, 0.25) is 0 Å². The zero-order valence-corrected chi connectivity index (χ0v) is 18.7. The van der Waals surface area contributed by atoms with E-state index in [1.165, 1.54) is 41.3 Å². The van der Waals surface area contributed by atoms with Crippen molar-refractivity contribution < 1.29 is 18.1 Å². The number of aryl methyl sites for hydroxylation is 1. The quantitative estimate of drug-likeness (QED) is 0.417. The molecule has 0 aliphatic heterocycles. The number of nitrogens with one attached hydrogen (secondary N) is 1. The molecule has 1 amide bonds. The van der Waals surface area contributed by atoms with Gasteiger partial charge < -0.3 is 4.90 Å². The van der Waals surface area contributed by atoms with Crippen molar-refractivity contribution in [3.8, 4) is 0 Å². The van der Waals surface area contributed by atoms with Crippen LogP contribution in [0.4, 0.5) is 11.4 Å². The van der Waals surface area contributed by atoms with Crippen molar-refractivity contribution in [2.75, 3.05) is 11.8 Å². The largest absolute Gasteiger partial charge is 0.335 e. The summed E-state index contributed by atoms with van der Waals surface area (Å²) in [5.74, 6) is -0.406. The van der Waals surface area contributed by atoms with E-state index in [0.717, 1.165) is 5.56 Å². The predicted molar refractivity (Wildman–Crippen MR) is 122 cm³/mol. The van der Waals surface area contributed by atoms with Crippen LogP contribution in [0.15, 0.2) is 77.7 Å². The molecular weight excluding hydrogens is 430 g/mol. The summed E-state index contributed by atoms with van der Waals surface area (Å²) < 4.78 is 28.1. The van der Waals surface area contributed by atoms with Crippen molar-refractivity contribution >= 4 is 27.3 Å². The third-order valence-corrected chi connectivity index (χ3v) is 6.54. The Bertz CT molecular complexity index is 1260. The number of sulfonamides is 1. The van der Waals surface area contributed by atoms with E-state index >= 15 is 0 Å². The van der Waals surface area contributed by atoms with Gasteiger partial charge in [0.25, 0.3) is 21.6 Å². The third-order valence-electron chi connectivity index (χ3n) is 5.16. The highest BCUT2D eigenvalue weighted by Gasteiger charge is 2.22. The summed E-state index contributed by atoms with van der Waals surface area (Å²) in [5.41, 5.74) is 2.15. The van der Waals surface area contributed by atoms with Gasteiger partial charge in [-0.3, -0.25) is 19.6 Å². The molecule has 0 saturated carbocycles. The van der Waals surface area contributed by atoms with Crippen molar-refractivity contribution in [2.45, 2.75) is 24.8 Å². The second kappa shape index (κ2) is 9.19. The van der Waals surface area contributed by atoms with Gasteiger partial charge in [-0.15, -0.1) is 0 Å². The van der Waals surface area contributed by atoms with Gasteiger partial charge in [-0.05, 0) is 49.7 Å². The molecule has 32 heavy (non-hydrogen) atoms. The van der Waals surface area contributed by atoms with Gasteiger partial charge in [0.15, 0.2) is 0 Å². The van der Waals surface area contributed by atoms with Crippen LogP contribution in [0, 0.1) is 17.0 Å². The number of anilines is 1. The molecule has 1 unspecified atom stereocenters. The van der Waals surface area contributed by atoms with Crippen LogP contribution in [0.1, 0.15) is 34.5 Å². The molecule has 3 aromatic carbocycles. The zero-order chi connectivity index (χ0) is 23.5. The highest BCUT2D eigenvalue weighted by atomic mass is 32.2. The molecular formula is C23H23N3O5S. The molecule has 0 saturated heterocycles. The van der Waals surface area contributed by atoms with Crippen LogP contribution in [-0.4, -0.2) is 31.2 Å². The molecule has 0 aromatic heterocycles. The molecule has 3 aromatic rings. The van der Waals surface area contributed by atoms with E-state index in [-0.39, 0.29) is 16.1 Å². The van der Waals surface area contributed by atoms with Crippen LogP contribution >= 0.6 is 0 Å². The Morgan fingerprint density at radius 1 is 1.03 bits per heavy atom. The van der Waals surface area contributed by atoms with Gasteiger partial charge in [0.05, 0.1) is 15.9 Å². The standard InChI is InChI=1S/C23H23N3O5S/c1-16-10-12-20(13-11-16)24-32(30,31)22-9-5-7-19(15-22)23(27)25(3)17(2)18-6-4-8-21(14-18)26(28)29/h4-15,17,24H,1-3H3. The van der Waals surface area contributed by atoms with E-state index in [4.69, 9.17) is 0 Å². The Morgan fingerprint density at radius 2 is 1.69 bits per heavy atom. The van der Waals surface area contributed by atoms with Gasteiger partial charge in [-0.25, -0.2) is 8.42 Å². The first kappa shape index (κ1) is 23.0. The van der Waals surface area contributed by atoms with Gasteiger partial charge in [-0.2, -0.15) is 0 Å².